The third-order valence-corrected chi connectivity index (χ3v) is 4.16. The van der Waals surface area contributed by atoms with E-state index in [0.29, 0.717) is 34.9 Å². The second-order valence-corrected chi connectivity index (χ2v) is 6.17. The molecule has 0 aliphatic heterocycles. The molecule has 0 heterocycles. The summed E-state index contributed by atoms with van der Waals surface area (Å²) in [6, 6.07) is 20.7. The van der Waals surface area contributed by atoms with Crippen LogP contribution in [-0.2, 0) is 0 Å². The molecule has 0 fully saturated rings. The van der Waals surface area contributed by atoms with Crippen LogP contribution in [0.1, 0.15) is 27.6 Å². The zero-order chi connectivity index (χ0) is 20.6. The van der Waals surface area contributed by atoms with Gasteiger partial charge in [-0.05, 0) is 73.7 Å². The van der Waals surface area contributed by atoms with Gasteiger partial charge < -0.3 is 20.1 Å². The molecule has 148 valence electrons. The van der Waals surface area contributed by atoms with Gasteiger partial charge in [0.2, 0.25) is 0 Å². The van der Waals surface area contributed by atoms with E-state index in [2.05, 4.69) is 10.6 Å². The van der Waals surface area contributed by atoms with Crippen molar-refractivity contribution in [1.82, 2.24) is 0 Å². The SMILES string of the molecule is CCOc1ccc(NC(=O)c2ccc(NC(=O)c3cccc(OC)c3)cc2)cc1. The van der Waals surface area contributed by atoms with Crippen LogP contribution in [0.5, 0.6) is 11.5 Å². The molecule has 29 heavy (non-hydrogen) atoms. The number of methoxy groups -OCH3 is 1. The Morgan fingerprint density at radius 2 is 1.34 bits per heavy atom. The Kier molecular flexibility index (Phi) is 6.47. The standard InChI is InChI=1S/C23H22N2O4/c1-3-29-20-13-11-19(12-14-20)24-22(26)16-7-9-18(10-8-16)25-23(27)17-5-4-6-21(15-17)28-2/h4-15H,3H2,1-2H3,(H,24,26)(H,25,27). The van der Waals surface area contributed by atoms with E-state index < -0.39 is 0 Å². The number of benzene rings is 3. The first-order valence-electron chi connectivity index (χ1n) is 9.18. The van der Waals surface area contributed by atoms with Crippen molar-refractivity contribution in [2.24, 2.45) is 0 Å². The number of ether oxygens (including phenoxy) is 2. The third-order valence-electron chi connectivity index (χ3n) is 4.16. The predicted molar refractivity (Wildman–Crippen MR) is 113 cm³/mol. The number of carbonyl (C=O) groups is 2. The number of nitrogens with one attached hydrogen (secondary N) is 2. The van der Waals surface area contributed by atoms with E-state index in [1.54, 1.807) is 79.9 Å². The summed E-state index contributed by atoms with van der Waals surface area (Å²) in [7, 11) is 1.55. The Bertz CT molecular complexity index is 983. The number of carbonyl (C=O) groups excluding carboxylic acids is 2. The zero-order valence-electron chi connectivity index (χ0n) is 16.3. The van der Waals surface area contributed by atoms with E-state index >= 15 is 0 Å². The summed E-state index contributed by atoms with van der Waals surface area (Å²) in [5.41, 5.74) is 2.24. The normalized spacial score (nSPS) is 10.1. The van der Waals surface area contributed by atoms with Crippen LogP contribution in [-0.4, -0.2) is 25.5 Å². The highest BCUT2D eigenvalue weighted by molar-refractivity contribution is 6.06. The Morgan fingerprint density at radius 3 is 1.93 bits per heavy atom. The largest absolute Gasteiger partial charge is 0.497 e. The summed E-state index contributed by atoms with van der Waals surface area (Å²) in [6.07, 6.45) is 0. The highest BCUT2D eigenvalue weighted by Crippen LogP contribution is 2.18. The van der Waals surface area contributed by atoms with Crippen LogP contribution in [0.15, 0.2) is 72.8 Å². The molecule has 2 amide bonds. The van der Waals surface area contributed by atoms with Crippen molar-refractivity contribution >= 4 is 23.2 Å². The highest BCUT2D eigenvalue weighted by Gasteiger charge is 2.09. The van der Waals surface area contributed by atoms with Gasteiger partial charge in [-0.3, -0.25) is 9.59 Å². The van der Waals surface area contributed by atoms with Gasteiger partial charge in [0.1, 0.15) is 11.5 Å². The molecule has 0 saturated carbocycles. The van der Waals surface area contributed by atoms with Crippen LogP contribution < -0.4 is 20.1 Å². The number of rotatable bonds is 7. The second-order valence-electron chi connectivity index (χ2n) is 6.17. The van der Waals surface area contributed by atoms with Crippen LogP contribution in [0.4, 0.5) is 11.4 Å². The maximum absolute atomic E-state index is 12.4. The topological polar surface area (TPSA) is 76.7 Å². The molecule has 0 atom stereocenters. The van der Waals surface area contributed by atoms with Crippen molar-refractivity contribution in [3.8, 4) is 11.5 Å². The van der Waals surface area contributed by atoms with Crippen LogP contribution >= 0.6 is 0 Å². The van der Waals surface area contributed by atoms with Crippen molar-refractivity contribution in [3.05, 3.63) is 83.9 Å². The van der Waals surface area contributed by atoms with Gasteiger partial charge in [0, 0.05) is 22.5 Å². The summed E-state index contributed by atoms with van der Waals surface area (Å²) < 4.78 is 10.5. The molecule has 6 nitrogen and oxygen atoms in total. The number of hydrogen-bond donors (Lipinski definition) is 2. The molecule has 0 unspecified atom stereocenters. The van der Waals surface area contributed by atoms with Gasteiger partial charge in [-0.2, -0.15) is 0 Å². The van der Waals surface area contributed by atoms with E-state index in [1.807, 2.05) is 6.92 Å². The van der Waals surface area contributed by atoms with E-state index in [0.717, 1.165) is 5.75 Å². The van der Waals surface area contributed by atoms with Gasteiger partial charge >= 0.3 is 0 Å². The first-order chi connectivity index (χ1) is 14.1. The molecule has 0 spiro atoms. The molecule has 0 radical (unpaired) electrons. The van der Waals surface area contributed by atoms with Gasteiger partial charge in [0.05, 0.1) is 13.7 Å². The minimum absolute atomic E-state index is 0.236. The van der Waals surface area contributed by atoms with Crippen LogP contribution in [0.25, 0.3) is 0 Å². The summed E-state index contributed by atoms with van der Waals surface area (Å²) in [5.74, 6) is 0.871. The van der Waals surface area contributed by atoms with Crippen molar-refractivity contribution in [2.45, 2.75) is 6.92 Å². The van der Waals surface area contributed by atoms with E-state index in [1.165, 1.54) is 0 Å². The summed E-state index contributed by atoms with van der Waals surface area (Å²) in [5, 5.41) is 5.63. The predicted octanol–water partition coefficient (Wildman–Crippen LogP) is 4.60. The number of anilines is 2. The lowest BCUT2D eigenvalue weighted by atomic mass is 10.1. The van der Waals surface area contributed by atoms with Crippen LogP contribution in [0.3, 0.4) is 0 Å². The minimum Gasteiger partial charge on any atom is -0.497 e. The molecule has 2 N–H and O–H groups in total. The average molecular weight is 390 g/mol. The van der Waals surface area contributed by atoms with E-state index in [-0.39, 0.29) is 11.8 Å². The minimum atomic E-state index is -0.254. The van der Waals surface area contributed by atoms with E-state index in [4.69, 9.17) is 9.47 Å². The number of amides is 2. The van der Waals surface area contributed by atoms with Crippen LogP contribution in [0, 0.1) is 0 Å². The molecule has 3 aromatic rings. The molecule has 3 rings (SSSR count). The maximum atomic E-state index is 12.4. The van der Waals surface area contributed by atoms with Crippen molar-refractivity contribution < 1.29 is 19.1 Å². The number of hydrogen-bond acceptors (Lipinski definition) is 4. The quantitative estimate of drug-likeness (QED) is 0.618. The molecule has 0 aliphatic rings. The summed E-state index contributed by atoms with van der Waals surface area (Å²) in [4.78, 5) is 24.8. The monoisotopic (exact) mass is 390 g/mol. The van der Waals surface area contributed by atoms with E-state index in [9.17, 15) is 9.59 Å². The summed E-state index contributed by atoms with van der Waals surface area (Å²) >= 11 is 0. The lowest BCUT2D eigenvalue weighted by molar-refractivity contribution is 0.101. The second kappa shape index (κ2) is 9.41. The Morgan fingerprint density at radius 1 is 0.759 bits per heavy atom. The van der Waals surface area contributed by atoms with Gasteiger partial charge in [-0.15, -0.1) is 0 Å². The average Bonchev–Trinajstić information content (AvgIpc) is 2.76. The Balaban J connectivity index is 1.61. The molecule has 6 heteroatoms. The Labute approximate surface area is 169 Å². The van der Waals surface area contributed by atoms with Gasteiger partial charge in [0.25, 0.3) is 11.8 Å². The molecule has 0 bridgehead atoms. The van der Waals surface area contributed by atoms with Crippen molar-refractivity contribution in [3.63, 3.8) is 0 Å². The maximum Gasteiger partial charge on any atom is 0.255 e. The Hall–Kier alpha value is -3.80. The fraction of sp³-hybridized carbons (Fsp3) is 0.130. The van der Waals surface area contributed by atoms with Gasteiger partial charge in [0.15, 0.2) is 0 Å². The molecule has 0 aromatic heterocycles. The molecule has 0 saturated heterocycles. The zero-order valence-corrected chi connectivity index (χ0v) is 16.3. The molecular weight excluding hydrogens is 368 g/mol. The first-order valence-corrected chi connectivity index (χ1v) is 9.18. The molecule has 3 aromatic carbocycles. The van der Waals surface area contributed by atoms with Gasteiger partial charge in [-0.1, -0.05) is 6.07 Å². The lowest BCUT2D eigenvalue weighted by Crippen LogP contribution is -2.13. The lowest BCUT2D eigenvalue weighted by Gasteiger charge is -2.09. The fourth-order valence-electron chi connectivity index (χ4n) is 2.68. The summed E-state index contributed by atoms with van der Waals surface area (Å²) in [6.45, 7) is 2.50. The van der Waals surface area contributed by atoms with Crippen LogP contribution in [0.2, 0.25) is 0 Å². The van der Waals surface area contributed by atoms with Crippen molar-refractivity contribution in [2.75, 3.05) is 24.4 Å². The van der Waals surface area contributed by atoms with Crippen molar-refractivity contribution in [1.29, 1.82) is 0 Å². The molecular formula is C23H22N2O4. The highest BCUT2D eigenvalue weighted by atomic mass is 16.5. The smallest absolute Gasteiger partial charge is 0.255 e. The van der Waals surface area contributed by atoms with Gasteiger partial charge in [-0.25, -0.2) is 0 Å². The molecule has 0 aliphatic carbocycles. The third kappa shape index (κ3) is 5.35. The first kappa shape index (κ1) is 19.9. The fourth-order valence-corrected chi connectivity index (χ4v) is 2.68.